The Morgan fingerprint density at radius 1 is 1.14 bits per heavy atom. The van der Waals surface area contributed by atoms with Crippen LogP contribution in [0.4, 0.5) is 0 Å². The minimum absolute atomic E-state index is 0.0300. The molecule has 116 valence electrons. The van der Waals surface area contributed by atoms with E-state index >= 15 is 0 Å². The lowest BCUT2D eigenvalue weighted by molar-refractivity contribution is -0.130. The van der Waals surface area contributed by atoms with Gasteiger partial charge in [0.15, 0.2) is 0 Å². The van der Waals surface area contributed by atoms with Crippen molar-refractivity contribution in [3.05, 3.63) is 33.8 Å². The van der Waals surface area contributed by atoms with Crippen LogP contribution in [0.5, 0.6) is 0 Å². The summed E-state index contributed by atoms with van der Waals surface area (Å²) in [5.74, 6) is -0.463. The highest BCUT2D eigenvalue weighted by Crippen LogP contribution is 2.20. The van der Waals surface area contributed by atoms with Crippen LogP contribution in [-0.2, 0) is 4.79 Å². The van der Waals surface area contributed by atoms with Crippen molar-refractivity contribution in [2.75, 3.05) is 19.6 Å². The molecule has 4 nitrogen and oxygen atoms in total. The van der Waals surface area contributed by atoms with E-state index in [1.165, 1.54) is 6.07 Å². The smallest absolute Gasteiger partial charge is 0.253 e. The van der Waals surface area contributed by atoms with Gasteiger partial charge in [-0.05, 0) is 31.0 Å². The van der Waals surface area contributed by atoms with Gasteiger partial charge in [0.25, 0.3) is 5.91 Å². The molecule has 0 bridgehead atoms. The molecular formula is C15H20Cl2N2O2. The molecule has 0 aromatic heterocycles. The van der Waals surface area contributed by atoms with Crippen LogP contribution in [-0.4, -0.2) is 36.3 Å². The van der Waals surface area contributed by atoms with Crippen molar-refractivity contribution in [3.8, 4) is 0 Å². The van der Waals surface area contributed by atoms with Gasteiger partial charge in [-0.25, -0.2) is 0 Å². The van der Waals surface area contributed by atoms with Crippen molar-refractivity contribution < 1.29 is 9.59 Å². The van der Waals surface area contributed by atoms with Gasteiger partial charge in [-0.2, -0.15) is 0 Å². The van der Waals surface area contributed by atoms with E-state index < -0.39 is 0 Å². The second-order valence-corrected chi connectivity index (χ2v) is 5.53. The molecule has 1 aromatic carbocycles. The molecule has 0 aliphatic heterocycles. The zero-order valence-electron chi connectivity index (χ0n) is 12.3. The molecule has 0 saturated heterocycles. The van der Waals surface area contributed by atoms with Crippen LogP contribution in [0.2, 0.25) is 10.0 Å². The van der Waals surface area contributed by atoms with Gasteiger partial charge in [-0.1, -0.05) is 37.0 Å². The predicted octanol–water partition coefficient (Wildman–Crippen LogP) is 3.37. The number of hydrogen-bond donors (Lipinski definition) is 1. The molecule has 2 amide bonds. The fourth-order valence-corrected chi connectivity index (χ4v) is 2.43. The second-order valence-electron chi connectivity index (χ2n) is 4.69. The first-order valence-electron chi connectivity index (χ1n) is 7.00. The van der Waals surface area contributed by atoms with Crippen molar-refractivity contribution in [1.29, 1.82) is 0 Å². The van der Waals surface area contributed by atoms with Crippen LogP contribution < -0.4 is 5.32 Å². The van der Waals surface area contributed by atoms with Gasteiger partial charge in [0, 0.05) is 18.1 Å². The highest BCUT2D eigenvalue weighted by molar-refractivity contribution is 6.36. The van der Waals surface area contributed by atoms with Gasteiger partial charge in [-0.15, -0.1) is 0 Å². The summed E-state index contributed by atoms with van der Waals surface area (Å²) in [6.07, 6.45) is 1.78. The Bertz CT molecular complexity index is 500. The second kappa shape index (κ2) is 8.90. The van der Waals surface area contributed by atoms with Crippen LogP contribution in [0.1, 0.15) is 37.0 Å². The molecule has 0 saturated carbocycles. The van der Waals surface area contributed by atoms with Crippen molar-refractivity contribution in [2.24, 2.45) is 0 Å². The quantitative estimate of drug-likeness (QED) is 0.833. The molecule has 1 aromatic rings. The van der Waals surface area contributed by atoms with Gasteiger partial charge in [0.2, 0.25) is 5.91 Å². The Morgan fingerprint density at radius 3 is 2.29 bits per heavy atom. The molecule has 21 heavy (non-hydrogen) atoms. The van der Waals surface area contributed by atoms with E-state index in [0.29, 0.717) is 23.7 Å². The van der Waals surface area contributed by atoms with Crippen molar-refractivity contribution >= 4 is 35.0 Å². The average Bonchev–Trinajstić information content (AvgIpc) is 2.44. The minimum Gasteiger partial charge on any atom is -0.343 e. The summed E-state index contributed by atoms with van der Waals surface area (Å²) in [7, 11) is 0. The number of carbonyl (C=O) groups excluding carboxylic acids is 2. The maximum atomic E-state index is 12.1. The lowest BCUT2D eigenvalue weighted by Crippen LogP contribution is -2.41. The van der Waals surface area contributed by atoms with Gasteiger partial charge in [-0.3, -0.25) is 9.59 Å². The van der Waals surface area contributed by atoms with E-state index in [4.69, 9.17) is 23.2 Å². The Morgan fingerprint density at radius 2 is 1.76 bits per heavy atom. The number of halogens is 2. The summed E-state index contributed by atoms with van der Waals surface area (Å²) in [5, 5.41) is 3.33. The first-order valence-corrected chi connectivity index (χ1v) is 7.76. The van der Waals surface area contributed by atoms with Crippen LogP contribution in [0.3, 0.4) is 0 Å². The van der Waals surface area contributed by atoms with Crippen molar-refractivity contribution in [2.45, 2.75) is 26.7 Å². The molecule has 0 heterocycles. The lowest BCUT2D eigenvalue weighted by Gasteiger charge is -2.21. The maximum Gasteiger partial charge on any atom is 0.253 e. The van der Waals surface area contributed by atoms with Crippen LogP contribution in [0.15, 0.2) is 18.2 Å². The van der Waals surface area contributed by atoms with Gasteiger partial charge in [0.05, 0.1) is 17.1 Å². The largest absolute Gasteiger partial charge is 0.343 e. The number of benzene rings is 1. The lowest BCUT2D eigenvalue weighted by atomic mass is 10.2. The fraction of sp³-hybridized carbons (Fsp3) is 0.467. The number of amides is 2. The Balaban J connectivity index is 2.60. The molecule has 1 N–H and O–H groups in total. The molecule has 1 rings (SSSR count). The van der Waals surface area contributed by atoms with Crippen molar-refractivity contribution in [1.82, 2.24) is 10.2 Å². The van der Waals surface area contributed by atoms with Gasteiger partial charge in [0.1, 0.15) is 0 Å². The van der Waals surface area contributed by atoms with E-state index in [1.54, 1.807) is 17.0 Å². The predicted molar refractivity (Wildman–Crippen MR) is 86.0 cm³/mol. The number of nitrogens with zero attached hydrogens (tertiary/aromatic N) is 1. The summed E-state index contributed by atoms with van der Waals surface area (Å²) >= 11 is 11.7. The topological polar surface area (TPSA) is 49.4 Å². The Labute approximate surface area is 135 Å². The van der Waals surface area contributed by atoms with E-state index in [9.17, 15) is 9.59 Å². The Kier molecular flexibility index (Phi) is 7.54. The molecular weight excluding hydrogens is 311 g/mol. The molecule has 0 aliphatic carbocycles. The molecule has 0 aliphatic rings. The van der Waals surface area contributed by atoms with E-state index in [2.05, 4.69) is 5.32 Å². The molecule has 0 unspecified atom stereocenters. The van der Waals surface area contributed by atoms with Crippen LogP contribution in [0.25, 0.3) is 0 Å². The number of hydrogen-bond acceptors (Lipinski definition) is 2. The average molecular weight is 331 g/mol. The first kappa shape index (κ1) is 17.8. The first-order chi connectivity index (χ1) is 9.99. The third-order valence-corrected chi connectivity index (χ3v) is 3.46. The number of carbonyl (C=O) groups is 2. The summed E-state index contributed by atoms with van der Waals surface area (Å²) < 4.78 is 0. The van der Waals surface area contributed by atoms with E-state index in [0.717, 1.165) is 12.8 Å². The van der Waals surface area contributed by atoms with Crippen LogP contribution in [0, 0.1) is 0 Å². The highest BCUT2D eigenvalue weighted by atomic mass is 35.5. The molecule has 6 heteroatoms. The zero-order valence-corrected chi connectivity index (χ0v) is 13.8. The number of nitrogens with one attached hydrogen (secondary N) is 1. The summed E-state index contributed by atoms with van der Waals surface area (Å²) in [6, 6.07) is 4.63. The summed E-state index contributed by atoms with van der Waals surface area (Å²) in [5.41, 5.74) is 0.311. The highest BCUT2D eigenvalue weighted by Gasteiger charge is 2.15. The normalized spacial score (nSPS) is 10.3. The third kappa shape index (κ3) is 5.56. The molecule has 0 spiro atoms. The fourth-order valence-electron chi connectivity index (χ4n) is 1.94. The molecule has 0 atom stereocenters. The van der Waals surface area contributed by atoms with E-state index in [-0.39, 0.29) is 23.4 Å². The maximum absolute atomic E-state index is 12.1. The minimum atomic E-state index is -0.377. The zero-order chi connectivity index (χ0) is 15.8. The number of rotatable bonds is 7. The molecule has 0 fully saturated rings. The van der Waals surface area contributed by atoms with Gasteiger partial charge >= 0.3 is 0 Å². The SMILES string of the molecule is CCCN(CCC)C(=O)CNC(=O)c1ccc(Cl)cc1Cl. The standard InChI is InChI=1S/C15H20Cl2N2O2/c1-3-7-19(8-4-2)14(20)10-18-15(21)12-6-5-11(16)9-13(12)17/h5-6,9H,3-4,7-8,10H2,1-2H3,(H,18,21). The monoisotopic (exact) mass is 330 g/mol. The molecule has 0 radical (unpaired) electrons. The van der Waals surface area contributed by atoms with E-state index in [1.807, 2.05) is 13.8 Å². The summed E-state index contributed by atoms with van der Waals surface area (Å²) in [4.78, 5) is 25.8. The van der Waals surface area contributed by atoms with Crippen molar-refractivity contribution in [3.63, 3.8) is 0 Å². The summed E-state index contributed by atoms with van der Waals surface area (Å²) in [6.45, 7) is 5.40. The third-order valence-electron chi connectivity index (χ3n) is 2.92. The Hall–Kier alpha value is -1.26. The van der Waals surface area contributed by atoms with Crippen LogP contribution >= 0.6 is 23.2 Å². The van der Waals surface area contributed by atoms with Gasteiger partial charge < -0.3 is 10.2 Å².